The SMILES string of the molecule is CNC(=O)C1CCN(C(=O)c2cc(Cl)ccc2O)CC1. The zero-order chi connectivity index (χ0) is 14.7. The minimum absolute atomic E-state index is 0.0164. The molecule has 2 rings (SSSR count). The van der Waals surface area contributed by atoms with Gasteiger partial charge in [-0.1, -0.05) is 11.6 Å². The van der Waals surface area contributed by atoms with Crippen LogP contribution in [0.3, 0.4) is 0 Å². The van der Waals surface area contributed by atoms with Crippen molar-refractivity contribution in [2.45, 2.75) is 12.8 Å². The summed E-state index contributed by atoms with van der Waals surface area (Å²) in [5, 5.41) is 12.8. The summed E-state index contributed by atoms with van der Waals surface area (Å²) in [7, 11) is 1.61. The number of amides is 2. The quantitative estimate of drug-likeness (QED) is 0.872. The molecule has 0 spiro atoms. The number of hydrogen-bond donors (Lipinski definition) is 2. The Balaban J connectivity index is 2.05. The highest BCUT2D eigenvalue weighted by Crippen LogP contribution is 2.25. The van der Waals surface area contributed by atoms with Crippen molar-refractivity contribution in [2.75, 3.05) is 20.1 Å². The molecule has 1 heterocycles. The number of benzene rings is 1. The molecule has 1 aliphatic rings. The fourth-order valence-electron chi connectivity index (χ4n) is 2.40. The lowest BCUT2D eigenvalue weighted by Gasteiger charge is -2.31. The van der Waals surface area contributed by atoms with Crippen LogP contribution in [0.1, 0.15) is 23.2 Å². The van der Waals surface area contributed by atoms with Gasteiger partial charge in [0.1, 0.15) is 5.75 Å². The molecule has 0 atom stereocenters. The fourth-order valence-corrected chi connectivity index (χ4v) is 2.57. The lowest BCUT2D eigenvalue weighted by molar-refractivity contribution is -0.125. The van der Waals surface area contributed by atoms with Gasteiger partial charge in [0.15, 0.2) is 0 Å². The smallest absolute Gasteiger partial charge is 0.257 e. The molecule has 2 amide bonds. The summed E-state index contributed by atoms with van der Waals surface area (Å²) in [6.07, 6.45) is 1.26. The number of phenols is 1. The maximum Gasteiger partial charge on any atom is 0.257 e. The third kappa shape index (κ3) is 3.04. The molecule has 1 fully saturated rings. The van der Waals surface area contributed by atoms with Gasteiger partial charge in [0, 0.05) is 31.1 Å². The van der Waals surface area contributed by atoms with Crippen molar-refractivity contribution < 1.29 is 14.7 Å². The molecule has 0 saturated carbocycles. The average molecular weight is 297 g/mol. The van der Waals surface area contributed by atoms with Crippen LogP contribution in [-0.2, 0) is 4.79 Å². The van der Waals surface area contributed by atoms with Crippen molar-refractivity contribution in [1.29, 1.82) is 0 Å². The molecule has 1 aromatic carbocycles. The van der Waals surface area contributed by atoms with Crippen LogP contribution in [0.2, 0.25) is 5.02 Å². The predicted octanol–water partition coefficient (Wildman–Crippen LogP) is 1.64. The van der Waals surface area contributed by atoms with Crippen molar-refractivity contribution in [3.8, 4) is 5.75 Å². The van der Waals surface area contributed by atoms with E-state index in [0.717, 1.165) is 0 Å². The molecule has 108 valence electrons. The van der Waals surface area contributed by atoms with Crippen LogP contribution >= 0.6 is 11.6 Å². The first-order valence-corrected chi connectivity index (χ1v) is 6.90. The monoisotopic (exact) mass is 296 g/mol. The van der Waals surface area contributed by atoms with E-state index in [4.69, 9.17) is 11.6 Å². The third-order valence-electron chi connectivity index (χ3n) is 3.59. The fraction of sp³-hybridized carbons (Fsp3) is 0.429. The largest absolute Gasteiger partial charge is 0.507 e. The summed E-state index contributed by atoms with van der Waals surface area (Å²) in [5.74, 6) is -0.354. The van der Waals surface area contributed by atoms with Gasteiger partial charge in [-0.3, -0.25) is 9.59 Å². The number of carbonyl (C=O) groups excluding carboxylic acids is 2. The van der Waals surface area contributed by atoms with Crippen molar-refractivity contribution in [3.63, 3.8) is 0 Å². The van der Waals surface area contributed by atoms with Gasteiger partial charge in [-0.2, -0.15) is 0 Å². The highest BCUT2D eigenvalue weighted by molar-refractivity contribution is 6.31. The Morgan fingerprint density at radius 2 is 2.00 bits per heavy atom. The highest BCUT2D eigenvalue weighted by atomic mass is 35.5. The van der Waals surface area contributed by atoms with Crippen LogP contribution in [0.15, 0.2) is 18.2 Å². The summed E-state index contributed by atoms with van der Waals surface area (Å²) in [5.41, 5.74) is 0.205. The summed E-state index contributed by atoms with van der Waals surface area (Å²) < 4.78 is 0. The van der Waals surface area contributed by atoms with Crippen molar-refractivity contribution in [3.05, 3.63) is 28.8 Å². The molecule has 1 saturated heterocycles. The van der Waals surface area contributed by atoms with Crippen molar-refractivity contribution >= 4 is 23.4 Å². The Morgan fingerprint density at radius 3 is 2.60 bits per heavy atom. The molecule has 0 aliphatic carbocycles. The molecule has 0 radical (unpaired) electrons. The number of halogens is 1. The lowest BCUT2D eigenvalue weighted by atomic mass is 9.95. The second-order valence-corrected chi connectivity index (χ2v) is 5.28. The van der Waals surface area contributed by atoms with Crippen molar-refractivity contribution in [1.82, 2.24) is 10.2 Å². The van der Waals surface area contributed by atoms with E-state index in [1.807, 2.05) is 0 Å². The number of nitrogens with zero attached hydrogens (tertiary/aromatic N) is 1. The molecule has 2 N–H and O–H groups in total. The van der Waals surface area contributed by atoms with E-state index in [1.54, 1.807) is 11.9 Å². The van der Waals surface area contributed by atoms with E-state index in [-0.39, 0.29) is 29.0 Å². The van der Waals surface area contributed by atoms with Gasteiger partial charge in [0.05, 0.1) is 5.56 Å². The van der Waals surface area contributed by atoms with E-state index in [0.29, 0.717) is 31.0 Å². The molecule has 0 aromatic heterocycles. The first kappa shape index (κ1) is 14.7. The van der Waals surface area contributed by atoms with Gasteiger partial charge in [-0.25, -0.2) is 0 Å². The number of rotatable bonds is 2. The van der Waals surface area contributed by atoms with Crippen LogP contribution in [0.4, 0.5) is 0 Å². The number of hydrogen-bond acceptors (Lipinski definition) is 3. The molecular formula is C14H17ClN2O3. The summed E-state index contributed by atoms with van der Waals surface area (Å²) >= 11 is 5.85. The number of nitrogens with one attached hydrogen (secondary N) is 1. The standard InChI is InChI=1S/C14H17ClN2O3/c1-16-13(19)9-4-6-17(7-5-9)14(20)11-8-10(15)2-3-12(11)18/h2-3,8-9,18H,4-7H2,1H3,(H,16,19). The minimum atomic E-state index is -0.250. The average Bonchev–Trinajstić information content (AvgIpc) is 2.48. The molecule has 6 heteroatoms. The van der Waals surface area contributed by atoms with Crippen molar-refractivity contribution in [2.24, 2.45) is 5.92 Å². The minimum Gasteiger partial charge on any atom is -0.507 e. The lowest BCUT2D eigenvalue weighted by Crippen LogP contribution is -2.42. The zero-order valence-electron chi connectivity index (χ0n) is 11.2. The highest BCUT2D eigenvalue weighted by Gasteiger charge is 2.28. The van der Waals surface area contributed by atoms with Crippen LogP contribution in [0, 0.1) is 5.92 Å². The van der Waals surface area contributed by atoms with E-state index in [9.17, 15) is 14.7 Å². The number of phenolic OH excluding ortho intramolecular Hbond substituents is 1. The molecule has 0 unspecified atom stereocenters. The van der Waals surface area contributed by atoms with Crippen LogP contribution in [0.25, 0.3) is 0 Å². The van der Waals surface area contributed by atoms with Gasteiger partial charge in [-0.05, 0) is 31.0 Å². The van der Waals surface area contributed by atoms with E-state index in [1.165, 1.54) is 18.2 Å². The summed E-state index contributed by atoms with van der Waals surface area (Å²) in [6, 6.07) is 4.41. The Morgan fingerprint density at radius 1 is 1.35 bits per heavy atom. The Labute approximate surface area is 122 Å². The van der Waals surface area contributed by atoms with Crippen LogP contribution in [-0.4, -0.2) is 42.0 Å². The number of piperidine rings is 1. The Hall–Kier alpha value is -1.75. The third-order valence-corrected chi connectivity index (χ3v) is 3.82. The van der Waals surface area contributed by atoms with E-state index in [2.05, 4.69) is 5.32 Å². The summed E-state index contributed by atoms with van der Waals surface area (Å²) in [4.78, 5) is 25.5. The second-order valence-electron chi connectivity index (χ2n) is 4.84. The summed E-state index contributed by atoms with van der Waals surface area (Å²) in [6.45, 7) is 1.01. The molecule has 1 aliphatic heterocycles. The molecule has 5 nitrogen and oxygen atoms in total. The Kier molecular flexibility index (Phi) is 4.49. The maximum atomic E-state index is 12.3. The van der Waals surface area contributed by atoms with E-state index < -0.39 is 0 Å². The first-order chi connectivity index (χ1) is 9.52. The predicted molar refractivity (Wildman–Crippen MR) is 75.8 cm³/mol. The second kappa shape index (κ2) is 6.13. The first-order valence-electron chi connectivity index (χ1n) is 6.52. The number of aromatic hydroxyl groups is 1. The van der Waals surface area contributed by atoms with Gasteiger partial charge in [-0.15, -0.1) is 0 Å². The zero-order valence-corrected chi connectivity index (χ0v) is 12.0. The van der Waals surface area contributed by atoms with Crippen LogP contribution < -0.4 is 5.32 Å². The van der Waals surface area contributed by atoms with E-state index >= 15 is 0 Å². The van der Waals surface area contributed by atoms with Gasteiger partial charge >= 0.3 is 0 Å². The number of likely N-dealkylation sites (tertiary alicyclic amines) is 1. The van der Waals surface area contributed by atoms with Gasteiger partial charge < -0.3 is 15.3 Å². The normalized spacial score (nSPS) is 16.0. The van der Waals surface area contributed by atoms with Gasteiger partial charge in [0.25, 0.3) is 5.91 Å². The van der Waals surface area contributed by atoms with Gasteiger partial charge in [0.2, 0.25) is 5.91 Å². The number of carbonyl (C=O) groups is 2. The van der Waals surface area contributed by atoms with Crippen LogP contribution in [0.5, 0.6) is 5.75 Å². The molecule has 1 aromatic rings. The topological polar surface area (TPSA) is 69.6 Å². The molecular weight excluding hydrogens is 280 g/mol. The Bertz CT molecular complexity index is 525. The molecule has 0 bridgehead atoms. The maximum absolute atomic E-state index is 12.3. The molecule has 20 heavy (non-hydrogen) atoms.